The minimum atomic E-state index is -0.421. The summed E-state index contributed by atoms with van der Waals surface area (Å²) in [6, 6.07) is 10.7. The van der Waals surface area contributed by atoms with Crippen molar-refractivity contribution < 1.29 is 9.59 Å². The molecule has 0 saturated heterocycles. The molecular weight excluding hydrogens is 356 g/mol. The maximum atomic E-state index is 12.7. The lowest BCUT2D eigenvalue weighted by Gasteiger charge is -2.14. The minimum absolute atomic E-state index is 0.105. The van der Waals surface area contributed by atoms with E-state index >= 15 is 0 Å². The van der Waals surface area contributed by atoms with Gasteiger partial charge in [0.1, 0.15) is 6.54 Å². The molecule has 7 heteroatoms. The van der Waals surface area contributed by atoms with Crippen LogP contribution in [0.1, 0.15) is 27.2 Å². The number of amides is 2. The van der Waals surface area contributed by atoms with E-state index in [4.69, 9.17) is 0 Å². The van der Waals surface area contributed by atoms with Gasteiger partial charge < -0.3 is 10.6 Å². The summed E-state index contributed by atoms with van der Waals surface area (Å²) < 4.78 is 1.03. The molecule has 3 rings (SSSR count). The van der Waals surface area contributed by atoms with Crippen LogP contribution in [0.4, 0.5) is 5.69 Å². The first-order valence-electron chi connectivity index (χ1n) is 8.91. The van der Waals surface area contributed by atoms with Crippen molar-refractivity contribution >= 4 is 28.3 Å². The molecule has 2 amide bonds. The van der Waals surface area contributed by atoms with Gasteiger partial charge in [0, 0.05) is 18.1 Å². The zero-order valence-corrected chi connectivity index (χ0v) is 16.3. The number of nitrogens with zero attached hydrogens (tertiary/aromatic N) is 2. The molecule has 0 bridgehead atoms. The number of hydrogen-bond acceptors (Lipinski definition) is 4. The van der Waals surface area contributed by atoms with Crippen molar-refractivity contribution in [2.45, 2.75) is 27.3 Å². The average Bonchev–Trinajstić information content (AvgIpc) is 2.66. The molecule has 0 unspecified atom stereocenters. The van der Waals surface area contributed by atoms with Gasteiger partial charge in [0.15, 0.2) is 5.69 Å². The van der Waals surface area contributed by atoms with Gasteiger partial charge in [0.25, 0.3) is 11.5 Å². The summed E-state index contributed by atoms with van der Waals surface area (Å²) in [6.07, 6.45) is 0. The monoisotopic (exact) mass is 378 g/mol. The number of carbonyl (C=O) groups is 2. The summed E-state index contributed by atoms with van der Waals surface area (Å²) in [6.45, 7) is 5.53. The lowest BCUT2D eigenvalue weighted by molar-refractivity contribution is -0.117. The van der Waals surface area contributed by atoms with Gasteiger partial charge in [-0.1, -0.05) is 35.9 Å². The van der Waals surface area contributed by atoms with Crippen LogP contribution in [-0.4, -0.2) is 28.6 Å². The molecule has 0 aliphatic heterocycles. The van der Waals surface area contributed by atoms with Gasteiger partial charge in [-0.3, -0.25) is 14.4 Å². The summed E-state index contributed by atoms with van der Waals surface area (Å²) in [7, 11) is 1.49. The second-order valence-corrected chi connectivity index (χ2v) is 6.76. The van der Waals surface area contributed by atoms with E-state index in [1.165, 1.54) is 7.05 Å². The van der Waals surface area contributed by atoms with Crippen LogP contribution in [0.2, 0.25) is 0 Å². The molecule has 0 radical (unpaired) electrons. The zero-order chi connectivity index (χ0) is 20.4. The minimum Gasteiger partial charge on any atom is -0.354 e. The molecule has 1 heterocycles. The summed E-state index contributed by atoms with van der Waals surface area (Å²) in [4.78, 5) is 37.5. The predicted octanol–water partition coefficient (Wildman–Crippen LogP) is 2.32. The average molecular weight is 378 g/mol. The van der Waals surface area contributed by atoms with Crippen LogP contribution in [-0.2, 0) is 11.3 Å². The first-order valence-corrected chi connectivity index (χ1v) is 8.91. The Morgan fingerprint density at radius 1 is 1.04 bits per heavy atom. The molecule has 0 atom stereocenters. The van der Waals surface area contributed by atoms with E-state index in [0.717, 1.165) is 27.1 Å². The first-order chi connectivity index (χ1) is 13.3. The Balaban J connectivity index is 1.98. The van der Waals surface area contributed by atoms with Crippen LogP contribution >= 0.6 is 0 Å². The predicted molar refractivity (Wildman–Crippen MR) is 109 cm³/mol. The van der Waals surface area contributed by atoms with Crippen molar-refractivity contribution in [3.05, 3.63) is 69.1 Å². The van der Waals surface area contributed by atoms with Crippen molar-refractivity contribution in [2.24, 2.45) is 0 Å². The third-order valence-corrected chi connectivity index (χ3v) is 4.54. The number of anilines is 1. The molecule has 0 aliphatic carbocycles. The van der Waals surface area contributed by atoms with E-state index in [1.807, 2.05) is 32.9 Å². The van der Waals surface area contributed by atoms with Gasteiger partial charge in [0.2, 0.25) is 5.91 Å². The summed E-state index contributed by atoms with van der Waals surface area (Å²) >= 11 is 0. The summed E-state index contributed by atoms with van der Waals surface area (Å²) in [5, 5.41) is 10.3. The molecule has 2 N–H and O–H groups in total. The highest BCUT2D eigenvalue weighted by Gasteiger charge is 2.17. The largest absolute Gasteiger partial charge is 0.354 e. The number of hydrogen-bond donors (Lipinski definition) is 2. The van der Waals surface area contributed by atoms with Crippen LogP contribution in [0.25, 0.3) is 10.8 Å². The smallest absolute Gasteiger partial charge is 0.275 e. The number of aryl methyl sites for hydroxylation is 3. The van der Waals surface area contributed by atoms with Crippen molar-refractivity contribution in [1.29, 1.82) is 0 Å². The highest BCUT2D eigenvalue weighted by Crippen LogP contribution is 2.22. The lowest BCUT2D eigenvalue weighted by atomic mass is 10.1. The van der Waals surface area contributed by atoms with E-state index in [1.54, 1.807) is 24.3 Å². The Morgan fingerprint density at radius 2 is 1.64 bits per heavy atom. The van der Waals surface area contributed by atoms with Crippen LogP contribution in [0.3, 0.4) is 0 Å². The fourth-order valence-electron chi connectivity index (χ4n) is 3.32. The molecule has 0 fully saturated rings. The fraction of sp³-hybridized carbons (Fsp3) is 0.238. The van der Waals surface area contributed by atoms with Gasteiger partial charge in [-0.25, -0.2) is 4.68 Å². The van der Waals surface area contributed by atoms with Gasteiger partial charge in [-0.15, -0.1) is 0 Å². The molecule has 3 aromatic rings. The fourth-order valence-corrected chi connectivity index (χ4v) is 3.32. The maximum Gasteiger partial charge on any atom is 0.275 e. The molecule has 1 aromatic heterocycles. The third kappa shape index (κ3) is 3.64. The Hall–Kier alpha value is -3.48. The number of benzene rings is 2. The standard InChI is InChI=1S/C21H22N4O3/c1-12-9-13(2)18(14(3)10-12)23-17(26)11-25-21(28)16-8-6-5-7-15(16)19(24-25)20(27)22-4/h5-10H,11H2,1-4H3,(H,22,27)(H,23,26). The van der Waals surface area contributed by atoms with Gasteiger partial charge in [-0.05, 0) is 38.0 Å². The Bertz CT molecular complexity index is 1130. The van der Waals surface area contributed by atoms with Gasteiger partial charge >= 0.3 is 0 Å². The highest BCUT2D eigenvalue weighted by atomic mass is 16.2. The van der Waals surface area contributed by atoms with Gasteiger partial charge in [0.05, 0.1) is 5.39 Å². The number of nitrogens with one attached hydrogen (secondary N) is 2. The number of rotatable bonds is 4. The summed E-state index contributed by atoms with van der Waals surface area (Å²) in [5.74, 6) is -0.807. The molecule has 0 saturated carbocycles. The van der Waals surface area contributed by atoms with Crippen LogP contribution in [0.5, 0.6) is 0 Å². The zero-order valence-electron chi connectivity index (χ0n) is 16.3. The SMILES string of the molecule is CNC(=O)c1nn(CC(=O)Nc2c(C)cc(C)cc2C)c(=O)c2ccccc12. The van der Waals surface area contributed by atoms with Crippen LogP contribution in [0.15, 0.2) is 41.2 Å². The molecule has 7 nitrogen and oxygen atoms in total. The third-order valence-electron chi connectivity index (χ3n) is 4.54. The molecule has 2 aromatic carbocycles. The normalized spacial score (nSPS) is 10.7. The van der Waals surface area contributed by atoms with Crippen LogP contribution < -0.4 is 16.2 Å². The number of carbonyl (C=O) groups excluding carboxylic acids is 2. The van der Waals surface area contributed by atoms with Crippen molar-refractivity contribution in [3.63, 3.8) is 0 Å². The van der Waals surface area contributed by atoms with E-state index in [0.29, 0.717) is 10.8 Å². The number of fused-ring (bicyclic) bond motifs is 1. The quantitative estimate of drug-likeness (QED) is 0.729. The Labute approximate surface area is 162 Å². The molecular formula is C21H22N4O3. The lowest BCUT2D eigenvalue weighted by Crippen LogP contribution is -2.33. The molecule has 28 heavy (non-hydrogen) atoms. The van der Waals surface area contributed by atoms with Gasteiger partial charge in [-0.2, -0.15) is 5.10 Å². The summed E-state index contributed by atoms with van der Waals surface area (Å²) in [5.41, 5.74) is 3.39. The molecule has 0 spiro atoms. The van der Waals surface area contributed by atoms with Crippen LogP contribution in [0, 0.1) is 20.8 Å². The van der Waals surface area contributed by atoms with E-state index < -0.39 is 11.5 Å². The van der Waals surface area contributed by atoms with Crippen molar-refractivity contribution in [2.75, 3.05) is 12.4 Å². The maximum absolute atomic E-state index is 12.7. The molecule has 144 valence electrons. The number of aromatic nitrogens is 2. The topological polar surface area (TPSA) is 93.1 Å². The highest BCUT2D eigenvalue weighted by molar-refractivity contribution is 6.04. The van der Waals surface area contributed by atoms with Crippen molar-refractivity contribution in [1.82, 2.24) is 15.1 Å². The first kappa shape index (κ1) is 19.3. The second-order valence-electron chi connectivity index (χ2n) is 6.76. The Kier molecular flexibility index (Phi) is 5.26. The Morgan fingerprint density at radius 3 is 2.25 bits per heavy atom. The van der Waals surface area contributed by atoms with E-state index in [-0.39, 0.29) is 18.1 Å². The molecule has 0 aliphatic rings. The van der Waals surface area contributed by atoms with Crippen molar-refractivity contribution in [3.8, 4) is 0 Å². The van der Waals surface area contributed by atoms with E-state index in [9.17, 15) is 14.4 Å². The van der Waals surface area contributed by atoms with E-state index in [2.05, 4.69) is 15.7 Å². The second kappa shape index (κ2) is 7.64.